The van der Waals surface area contributed by atoms with Gasteiger partial charge in [-0.15, -0.1) is 0 Å². The standard InChI is InChI=1S/C21H18BrNO3S/c1-16-7-13-20(14-8-16)27(25,26)23(19-11-9-18(22)10-12-19)15-21(24)17-5-3-2-4-6-17/h2-14H,15H2,1H3. The molecule has 0 aliphatic carbocycles. The van der Waals surface area contributed by atoms with E-state index in [0.717, 1.165) is 14.3 Å². The number of carbonyl (C=O) groups excluding carboxylic acids is 1. The maximum atomic E-state index is 13.3. The third-order valence-corrected chi connectivity index (χ3v) is 6.42. The van der Waals surface area contributed by atoms with Crippen LogP contribution in [0.25, 0.3) is 0 Å². The summed E-state index contributed by atoms with van der Waals surface area (Å²) in [5, 5.41) is 0. The third-order valence-electron chi connectivity index (χ3n) is 4.11. The average Bonchev–Trinajstić information content (AvgIpc) is 2.68. The van der Waals surface area contributed by atoms with Crippen molar-refractivity contribution in [3.05, 3.63) is 94.5 Å². The van der Waals surface area contributed by atoms with Crippen LogP contribution in [0, 0.1) is 6.92 Å². The molecule has 0 unspecified atom stereocenters. The van der Waals surface area contributed by atoms with Gasteiger partial charge in [-0.1, -0.05) is 64.0 Å². The van der Waals surface area contributed by atoms with Crippen molar-refractivity contribution in [1.29, 1.82) is 0 Å². The van der Waals surface area contributed by atoms with Crippen LogP contribution in [0.5, 0.6) is 0 Å². The largest absolute Gasteiger partial charge is 0.292 e. The van der Waals surface area contributed by atoms with Gasteiger partial charge in [-0.3, -0.25) is 9.10 Å². The summed E-state index contributed by atoms with van der Waals surface area (Å²) in [4.78, 5) is 12.9. The van der Waals surface area contributed by atoms with E-state index in [9.17, 15) is 13.2 Å². The summed E-state index contributed by atoms with van der Waals surface area (Å²) in [5.74, 6) is -0.269. The van der Waals surface area contributed by atoms with Gasteiger partial charge in [0.1, 0.15) is 0 Å². The number of hydrogen-bond acceptors (Lipinski definition) is 3. The van der Waals surface area contributed by atoms with Gasteiger partial charge in [-0.2, -0.15) is 0 Å². The van der Waals surface area contributed by atoms with E-state index in [0.29, 0.717) is 11.3 Å². The first-order chi connectivity index (χ1) is 12.9. The molecule has 0 fully saturated rings. The van der Waals surface area contributed by atoms with Gasteiger partial charge in [0.2, 0.25) is 0 Å². The van der Waals surface area contributed by atoms with Crippen molar-refractivity contribution in [2.24, 2.45) is 0 Å². The number of hydrogen-bond donors (Lipinski definition) is 0. The Hall–Kier alpha value is -2.44. The smallest absolute Gasteiger partial charge is 0.264 e. The fraction of sp³-hybridized carbons (Fsp3) is 0.0952. The number of rotatable bonds is 6. The Kier molecular flexibility index (Phi) is 5.77. The highest BCUT2D eigenvalue weighted by atomic mass is 79.9. The fourth-order valence-electron chi connectivity index (χ4n) is 2.61. The lowest BCUT2D eigenvalue weighted by molar-refractivity contribution is 0.100. The topological polar surface area (TPSA) is 54.5 Å². The first-order valence-corrected chi connectivity index (χ1v) is 10.5. The van der Waals surface area contributed by atoms with Crippen molar-refractivity contribution in [2.75, 3.05) is 10.8 Å². The number of aryl methyl sites for hydroxylation is 1. The molecule has 3 aromatic carbocycles. The number of anilines is 1. The number of halogens is 1. The van der Waals surface area contributed by atoms with Gasteiger partial charge in [-0.05, 0) is 43.3 Å². The molecule has 3 aromatic rings. The summed E-state index contributed by atoms with van der Waals surface area (Å²) in [6.45, 7) is 1.61. The Morgan fingerprint density at radius 2 is 1.48 bits per heavy atom. The van der Waals surface area contributed by atoms with Crippen LogP contribution in [0.1, 0.15) is 15.9 Å². The predicted octanol–water partition coefficient (Wildman–Crippen LogP) is 4.84. The van der Waals surface area contributed by atoms with Crippen LogP contribution in [0.4, 0.5) is 5.69 Å². The molecule has 0 N–H and O–H groups in total. The molecule has 0 radical (unpaired) electrons. The zero-order chi connectivity index (χ0) is 19.4. The molecule has 3 rings (SSSR count). The molecule has 0 bridgehead atoms. The van der Waals surface area contributed by atoms with Crippen molar-refractivity contribution in [1.82, 2.24) is 0 Å². The Balaban J connectivity index is 2.03. The zero-order valence-corrected chi connectivity index (χ0v) is 17.1. The Bertz CT molecular complexity index is 1030. The van der Waals surface area contributed by atoms with E-state index in [4.69, 9.17) is 0 Å². The van der Waals surface area contributed by atoms with Gasteiger partial charge < -0.3 is 0 Å². The third kappa shape index (κ3) is 4.46. The molecule has 27 heavy (non-hydrogen) atoms. The van der Waals surface area contributed by atoms with Crippen LogP contribution < -0.4 is 4.31 Å². The summed E-state index contributed by atoms with van der Waals surface area (Å²) >= 11 is 3.35. The van der Waals surface area contributed by atoms with E-state index >= 15 is 0 Å². The molecule has 138 valence electrons. The lowest BCUT2D eigenvalue weighted by Gasteiger charge is -2.24. The lowest BCUT2D eigenvalue weighted by atomic mass is 10.1. The minimum absolute atomic E-state index is 0.150. The molecule has 0 heterocycles. The first-order valence-electron chi connectivity index (χ1n) is 8.31. The second-order valence-electron chi connectivity index (χ2n) is 6.09. The summed E-state index contributed by atoms with van der Waals surface area (Å²) in [5.41, 5.74) is 1.87. The summed E-state index contributed by atoms with van der Waals surface area (Å²) < 4.78 is 28.5. The highest BCUT2D eigenvalue weighted by molar-refractivity contribution is 9.10. The molecule has 6 heteroatoms. The monoisotopic (exact) mass is 443 g/mol. The minimum Gasteiger partial charge on any atom is -0.292 e. The zero-order valence-electron chi connectivity index (χ0n) is 14.7. The Morgan fingerprint density at radius 1 is 0.889 bits per heavy atom. The van der Waals surface area contributed by atoms with Crippen molar-refractivity contribution in [2.45, 2.75) is 11.8 Å². The summed E-state index contributed by atoms with van der Waals surface area (Å²) in [6, 6.07) is 22.1. The van der Waals surface area contributed by atoms with Gasteiger partial charge in [0.15, 0.2) is 5.78 Å². The molecule has 0 aromatic heterocycles. The van der Waals surface area contributed by atoms with Gasteiger partial charge in [-0.25, -0.2) is 8.42 Å². The second-order valence-corrected chi connectivity index (χ2v) is 8.87. The van der Waals surface area contributed by atoms with E-state index in [1.54, 1.807) is 72.8 Å². The van der Waals surface area contributed by atoms with Crippen LogP contribution in [-0.2, 0) is 10.0 Å². The summed E-state index contributed by atoms with van der Waals surface area (Å²) in [6.07, 6.45) is 0. The highest BCUT2D eigenvalue weighted by Gasteiger charge is 2.27. The first kappa shape index (κ1) is 19.3. The molecule has 0 saturated carbocycles. The quantitative estimate of drug-likeness (QED) is 0.512. The molecule has 4 nitrogen and oxygen atoms in total. The molecular weight excluding hydrogens is 426 g/mol. The minimum atomic E-state index is -3.89. The average molecular weight is 444 g/mol. The van der Waals surface area contributed by atoms with Crippen LogP contribution in [0.15, 0.2) is 88.2 Å². The summed E-state index contributed by atoms with van der Waals surface area (Å²) in [7, 11) is -3.89. The van der Waals surface area contributed by atoms with E-state index in [-0.39, 0.29) is 17.2 Å². The number of benzene rings is 3. The van der Waals surface area contributed by atoms with Crippen LogP contribution >= 0.6 is 15.9 Å². The SMILES string of the molecule is Cc1ccc(S(=O)(=O)N(CC(=O)c2ccccc2)c2ccc(Br)cc2)cc1. The van der Waals surface area contributed by atoms with Crippen molar-refractivity contribution < 1.29 is 13.2 Å². The van der Waals surface area contributed by atoms with Crippen LogP contribution in [-0.4, -0.2) is 20.7 Å². The molecule has 0 spiro atoms. The number of nitrogens with zero attached hydrogens (tertiary/aromatic N) is 1. The molecule has 0 aliphatic rings. The number of carbonyl (C=O) groups is 1. The van der Waals surface area contributed by atoms with Crippen molar-refractivity contribution >= 4 is 37.4 Å². The molecule has 0 saturated heterocycles. The van der Waals surface area contributed by atoms with Gasteiger partial charge in [0, 0.05) is 10.0 Å². The van der Waals surface area contributed by atoms with E-state index in [1.807, 2.05) is 13.0 Å². The maximum absolute atomic E-state index is 13.3. The van der Waals surface area contributed by atoms with Crippen LogP contribution in [0.2, 0.25) is 0 Å². The highest BCUT2D eigenvalue weighted by Crippen LogP contribution is 2.26. The van der Waals surface area contributed by atoms with Gasteiger partial charge in [0.25, 0.3) is 10.0 Å². The molecule has 0 amide bonds. The number of ketones is 1. The molecule has 0 aliphatic heterocycles. The Labute approximate surface area is 167 Å². The molecule has 0 atom stereocenters. The normalized spacial score (nSPS) is 11.2. The lowest BCUT2D eigenvalue weighted by Crippen LogP contribution is -2.35. The van der Waals surface area contributed by atoms with E-state index in [1.165, 1.54) is 0 Å². The van der Waals surface area contributed by atoms with Gasteiger partial charge >= 0.3 is 0 Å². The Morgan fingerprint density at radius 3 is 2.07 bits per heavy atom. The number of sulfonamides is 1. The van der Waals surface area contributed by atoms with E-state index in [2.05, 4.69) is 15.9 Å². The second kappa shape index (κ2) is 8.06. The van der Waals surface area contributed by atoms with Crippen LogP contribution in [0.3, 0.4) is 0 Å². The van der Waals surface area contributed by atoms with Gasteiger partial charge in [0.05, 0.1) is 17.1 Å². The number of Topliss-reactive ketones (excluding diaryl/α,β-unsaturated/α-hetero) is 1. The maximum Gasteiger partial charge on any atom is 0.264 e. The van der Waals surface area contributed by atoms with Crippen molar-refractivity contribution in [3.8, 4) is 0 Å². The fourth-order valence-corrected chi connectivity index (χ4v) is 4.29. The van der Waals surface area contributed by atoms with E-state index < -0.39 is 10.0 Å². The van der Waals surface area contributed by atoms with Crippen molar-refractivity contribution in [3.63, 3.8) is 0 Å². The predicted molar refractivity (Wildman–Crippen MR) is 111 cm³/mol. The molecular formula is C21H18BrNO3S.